The van der Waals surface area contributed by atoms with E-state index in [1.807, 2.05) is 30.3 Å². The maximum Gasteiger partial charge on any atom is 0.246 e. The normalized spacial score (nSPS) is 21.5. The minimum absolute atomic E-state index is 0. The van der Waals surface area contributed by atoms with Crippen molar-refractivity contribution in [1.29, 1.82) is 0 Å². The minimum atomic E-state index is -4.05. The number of halogens is 3. The fourth-order valence-corrected chi connectivity index (χ4v) is 4.41. The van der Waals surface area contributed by atoms with Crippen molar-refractivity contribution in [2.45, 2.75) is 16.9 Å². The molecule has 3 rings (SSSR count). The van der Waals surface area contributed by atoms with Gasteiger partial charge in [0.15, 0.2) is 0 Å². The minimum Gasteiger partial charge on any atom is -0.326 e. The van der Waals surface area contributed by atoms with Crippen molar-refractivity contribution in [3.8, 4) is 0 Å². The molecule has 1 saturated heterocycles. The summed E-state index contributed by atoms with van der Waals surface area (Å²) >= 11 is 0. The van der Waals surface area contributed by atoms with Crippen molar-refractivity contribution in [2.75, 3.05) is 13.1 Å². The zero-order valence-electron chi connectivity index (χ0n) is 12.6. The van der Waals surface area contributed by atoms with Crippen molar-refractivity contribution in [3.05, 3.63) is 65.7 Å². The van der Waals surface area contributed by atoms with E-state index < -0.39 is 26.6 Å². The highest BCUT2D eigenvalue weighted by Gasteiger charge is 2.39. The predicted molar refractivity (Wildman–Crippen MR) is 89.5 cm³/mol. The number of benzene rings is 2. The molecular formula is C16H17ClF2N2O2S. The van der Waals surface area contributed by atoms with Gasteiger partial charge in [0.2, 0.25) is 10.0 Å². The Bertz CT molecular complexity index is 818. The topological polar surface area (TPSA) is 63.4 Å². The van der Waals surface area contributed by atoms with Crippen LogP contribution in [0.25, 0.3) is 0 Å². The first-order valence-electron chi connectivity index (χ1n) is 7.15. The quantitative estimate of drug-likeness (QED) is 0.897. The van der Waals surface area contributed by atoms with E-state index in [2.05, 4.69) is 0 Å². The Morgan fingerprint density at radius 3 is 2.33 bits per heavy atom. The van der Waals surface area contributed by atoms with Crippen LogP contribution in [0.15, 0.2) is 53.4 Å². The summed E-state index contributed by atoms with van der Waals surface area (Å²) in [7, 11) is -4.05. The van der Waals surface area contributed by atoms with Gasteiger partial charge in [-0.2, -0.15) is 4.31 Å². The molecule has 1 aliphatic rings. The Hall–Kier alpha value is -1.54. The van der Waals surface area contributed by atoms with Crippen LogP contribution in [0.1, 0.15) is 11.5 Å². The molecule has 4 nitrogen and oxygen atoms in total. The molecule has 0 amide bonds. The van der Waals surface area contributed by atoms with Crippen molar-refractivity contribution in [3.63, 3.8) is 0 Å². The molecule has 2 aromatic rings. The van der Waals surface area contributed by atoms with Gasteiger partial charge in [0.25, 0.3) is 0 Å². The second-order valence-electron chi connectivity index (χ2n) is 5.58. The van der Waals surface area contributed by atoms with Gasteiger partial charge in [0.1, 0.15) is 16.5 Å². The Balaban J connectivity index is 0.00000208. The monoisotopic (exact) mass is 374 g/mol. The summed E-state index contributed by atoms with van der Waals surface area (Å²) < 4.78 is 53.2. The van der Waals surface area contributed by atoms with Gasteiger partial charge in [-0.1, -0.05) is 30.3 Å². The molecule has 0 spiro atoms. The van der Waals surface area contributed by atoms with Crippen LogP contribution in [0.4, 0.5) is 8.78 Å². The summed E-state index contributed by atoms with van der Waals surface area (Å²) in [4.78, 5) is -0.528. The molecule has 1 aliphatic heterocycles. The molecule has 1 heterocycles. The Labute approximate surface area is 145 Å². The number of hydrogen-bond acceptors (Lipinski definition) is 3. The van der Waals surface area contributed by atoms with Gasteiger partial charge >= 0.3 is 0 Å². The Morgan fingerprint density at radius 1 is 1.04 bits per heavy atom. The fourth-order valence-electron chi connectivity index (χ4n) is 2.86. The summed E-state index contributed by atoms with van der Waals surface area (Å²) in [6.07, 6.45) is 0. The van der Waals surface area contributed by atoms with E-state index in [0.717, 1.165) is 22.0 Å². The van der Waals surface area contributed by atoms with Crippen molar-refractivity contribution in [2.24, 2.45) is 5.73 Å². The van der Waals surface area contributed by atoms with Gasteiger partial charge in [-0.3, -0.25) is 0 Å². The van der Waals surface area contributed by atoms with E-state index >= 15 is 0 Å². The van der Waals surface area contributed by atoms with E-state index in [1.54, 1.807) is 0 Å². The zero-order valence-corrected chi connectivity index (χ0v) is 14.2. The van der Waals surface area contributed by atoms with Gasteiger partial charge in [-0.25, -0.2) is 17.2 Å². The third kappa shape index (κ3) is 3.44. The lowest BCUT2D eigenvalue weighted by Crippen LogP contribution is -2.32. The molecule has 0 bridgehead atoms. The molecule has 0 saturated carbocycles. The molecular weight excluding hydrogens is 358 g/mol. The standard InChI is InChI=1S/C16H16F2N2O2S.ClH/c17-12-6-7-16(14(18)8-12)23(21,22)20-9-13(15(19)10-20)11-4-2-1-3-5-11;/h1-8,13,15H,9-10,19H2;1H/t13-,15+;/m0./s1. The average molecular weight is 375 g/mol. The van der Waals surface area contributed by atoms with Gasteiger partial charge in [0, 0.05) is 31.1 Å². The number of nitrogens with zero attached hydrogens (tertiary/aromatic N) is 1. The predicted octanol–water partition coefficient (Wildman–Crippen LogP) is 2.50. The summed E-state index contributed by atoms with van der Waals surface area (Å²) in [6, 6.07) is 11.4. The first kappa shape index (κ1) is 18.8. The lowest BCUT2D eigenvalue weighted by atomic mass is 9.95. The molecule has 2 aromatic carbocycles. The van der Waals surface area contributed by atoms with Gasteiger partial charge in [0.05, 0.1) is 0 Å². The Morgan fingerprint density at radius 2 is 1.71 bits per heavy atom. The molecule has 2 N–H and O–H groups in total. The second kappa shape index (κ2) is 7.14. The van der Waals surface area contributed by atoms with E-state index in [0.29, 0.717) is 6.07 Å². The molecule has 0 aliphatic carbocycles. The lowest BCUT2D eigenvalue weighted by Gasteiger charge is -2.17. The molecule has 8 heteroatoms. The molecule has 1 fully saturated rings. The van der Waals surface area contributed by atoms with Gasteiger partial charge in [-0.05, 0) is 17.7 Å². The number of sulfonamides is 1. The van der Waals surface area contributed by atoms with Gasteiger partial charge < -0.3 is 5.73 Å². The maximum atomic E-state index is 13.8. The molecule has 130 valence electrons. The second-order valence-corrected chi connectivity index (χ2v) is 7.48. The van der Waals surface area contributed by atoms with E-state index in [4.69, 9.17) is 5.73 Å². The van der Waals surface area contributed by atoms with Crippen LogP contribution in [0, 0.1) is 11.6 Å². The average Bonchev–Trinajstić information content (AvgIpc) is 2.90. The molecule has 2 atom stereocenters. The third-order valence-corrected chi connectivity index (χ3v) is 5.94. The maximum absolute atomic E-state index is 13.8. The summed E-state index contributed by atoms with van der Waals surface area (Å²) in [5.74, 6) is -2.07. The van der Waals surface area contributed by atoms with Gasteiger partial charge in [-0.15, -0.1) is 12.4 Å². The highest BCUT2D eigenvalue weighted by atomic mass is 35.5. The molecule has 24 heavy (non-hydrogen) atoms. The molecule has 0 radical (unpaired) electrons. The van der Waals surface area contributed by atoms with Crippen LogP contribution in [-0.4, -0.2) is 31.9 Å². The summed E-state index contributed by atoms with van der Waals surface area (Å²) in [5.41, 5.74) is 7.02. The summed E-state index contributed by atoms with van der Waals surface area (Å²) in [6.45, 7) is 0.267. The van der Waals surface area contributed by atoms with Crippen molar-refractivity contribution >= 4 is 22.4 Å². The van der Waals surface area contributed by atoms with Crippen LogP contribution in [0.2, 0.25) is 0 Å². The van der Waals surface area contributed by atoms with Crippen LogP contribution in [0.5, 0.6) is 0 Å². The lowest BCUT2D eigenvalue weighted by molar-refractivity contribution is 0.462. The number of rotatable bonds is 3. The SMILES string of the molecule is Cl.N[C@@H]1CN(S(=O)(=O)c2ccc(F)cc2F)C[C@H]1c1ccccc1. The Kier molecular flexibility index (Phi) is 5.59. The van der Waals surface area contributed by atoms with Crippen LogP contribution in [0.3, 0.4) is 0 Å². The first-order valence-corrected chi connectivity index (χ1v) is 8.59. The largest absolute Gasteiger partial charge is 0.326 e. The fraction of sp³-hybridized carbons (Fsp3) is 0.250. The summed E-state index contributed by atoms with van der Waals surface area (Å²) in [5, 5.41) is 0. The first-order chi connectivity index (χ1) is 10.9. The highest BCUT2D eigenvalue weighted by molar-refractivity contribution is 7.89. The molecule has 0 unspecified atom stereocenters. The molecule has 0 aromatic heterocycles. The van der Waals surface area contributed by atoms with Crippen LogP contribution < -0.4 is 5.73 Å². The number of nitrogens with two attached hydrogens (primary N) is 1. The van der Waals surface area contributed by atoms with Crippen LogP contribution in [-0.2, 0) is 10.0 Å². The smallest absolute Gasteiger partial charge is 0.246 e. The van der Waals surface area contributed by atoms with E-state index in [-0.39, 0.29) is 37.5 Å². The van der Waals surface area contributed by atoms with E-state index in [9.17, 15) is 17.2 Å². The van der Waals surface area contributed by atoms with E-state index in [1.165, 1.54) is 0 Å². The third-order valence-electron chi connectivity index (χ3n) is 4.07. The van der Waals surface area contributed by atoms with Crippen molar-refractivity contribution < 1.29 is 17.2 Å². The number of hydrogen-bond donors (Lipinski definition) is 1. The zero-order chi connectivity index (χ0) is 16.6. The van der Waals surface area contributed by atoms with Crippen LogP contribution >= 0.6 is 12.4 Å². The van der Waals surface area contributed by atoms with Crippen molar-refractivity contribution in [1.82, 2.24) is 4.31 Å². The highest BCUT2D eigenvalue weighted by Crippen LogP contribution is 2.31.